The monoisotopic (exact) mass is 419 g/mol. The van der Waals surface area contributed by atoms with Gasteiger partial charge in [0.1, 0.15) is 0 Å². The zero-order valence-corrected chi connectivity index (χ0v) is 16.9. The lowest BCUT2D eigenvalue weighted by Crippen LogP contribution is -2.19. The van der Waals surface area contributed by atoms with Crippen molar-refractivity contribution in [2.75, 3.05) is 11.9 Å². The Bertz CT molecular complexity index is 1280. The van der Waals surface area contributed by atoms with E-state index in [-0.39, 0.29) is 23.6 Å². The van der Waals surface area contributed by atoms with Crippen LogP contribution in [0.1, 0.15) is 32.9 Å². The van der Waals surface area contributed by atoms with Gasteiger partial charge in [-0.1, -0.05) is 24.3 Å². The van der Waals surface area contributed by atoms with E-state index in [9.17, 15) is 14.4 Å². The van der Waals surface area contributed by atoms with Crippen LogP contribution in [0.2, 0.25) is 0 Å². The Balaban J connectivity index is 1.41. The van der Waals surface area contributed by atoms with Crippen molar-refractivity contribution in [1.82, 2.24) is 9.55 Å². The molecule has 0 aliphatic heterocycles. The zero-order valence-electron chi connectivity index (χ0n) is 16.9. The number of nitrogens with one attached hydrogen (secondary N) is 2. The highest BCUT2D eigenvalue weighted by Crippen LogP contribution is 2.22. The van der Waals surface area contributed by atoms with Crippen molar-refractivity contribution < 1.29 is 18.7 Å². The molecule has 2 N–H and O–H groups in total. The van der Waals surface area contributed by atoms with E-state index >= 15 is 0 Å². The van der Waals surface area contributed by atoms with Crippen LogP contribution in [0.15, 0.2) is 70.1 Å². The molecule has 0 atom stereocenters. The largest absolute Gasteiger partial charge is 0.462 e. The number of aryl methyl sites for hydroxylation is 2. The summed E-state index contributed by atoms with van der Waals surface area (Å²) in [5.41, 5.74) is 2.72. The summed E-state index contributed by atoms with van der Waals surface area (Å²) in [6, 6.07) is 15.7. The van der Waals surface area contributed by atoms with Gasteiger partial charge in [0.25, 0.3) is 5.91 Å². The van der Waals surface area contributed by atoms with Crippen LogP contribution >= 0.6 is 0 Å². The normalized spacial score (nSPS) is 10.9. The average Bonchev–Trinajstić information content (AvgIpc) is 3.40. The Hall–Kier alpha value is -4.07. The number of hydrogen-bond donors (Lipinski definition) is 2. The number of H-pyrrole nitrogens is 1. The second-order valence-corrected chi connectivity index (χ2v) is 7.02. The van der Waals surface area contributed by atoms with E-state index < -0.39 is 11.9 Å². The number of amides is 1. The van der Waals surface area contributed by atoms with Gasteiger partial charge in [-0.2, -0.15) is 0 Å². The van der Waals surface area contributed by atoms with Crippen LogP contribution in [-0.2, 0) is 11.3 Å². The van der Waals surface area contributed by atoms with E-state index in [1.165, 1.54) is 12.3 Å². The highest BCUT2D eigenvalue weighted by molar-refractivity contribution is 6.07. The van der Waals surface area contributed by atoms with Gasteiger partial charge in [0.2, 0.25) is 0 Å². The number of rotatable bonds is 7. The van der Waals surface area contributed by atoms with Crippen molar-refractivity contribution in [1.29, 1.82) is 0 Å². The van der Waals surface area contributed by atoms with Crippen LogP contribution in [-0.4, -0.2) is 28.0 Å². The van der Waals surface area contributed by atoms with E-state index in [4.69, 9.17) is 9.15 Å². The molecule has 0 saturated heterocycles. The summed E-state index contributed by atoms with van der Waals surface area (Å²) in [6.07, 6.45) is 1.87. The van der Waals surface area contributed by atoms with Gasteiger partial charge in [0.15, 0.2) is 5.76 Å². The number of benzene rings is 2. The van der Waals surface area contributed by atoms with Crippen LogP contribution in [0, 0.1) is 6.92 Å². The van der Waals surface area contributed by atoms with Gasteiger partial charge < -0.3 is 19.5 Å². The third kappa shape index (κ3) is 4.28. The lowest BCUT2D eigenvalue weighted by Gasteiger charge is -2.13. The van der Waals surface area contributed by atoms with Gasteiger partial charge in [-0.3, -0.25) is 9.36 Å². The second kappa shape index (κ2) is 8.74. The summed E-state index contributed by atoms with van der Waals surface area (Å²) in [6.45, 7) is 2.33. The third-order valence-corrected chi connectivity index (χ3v) is 4.92. The zero-order chi connectivity index (χ0) is 21.8. The molecule has 1 amide bonds. The summed E-state index contributed by atoms with van der Waals surface area (Å²) < 4.78 is 12.1. The molecule has 4 rings (SSSR count). The van der Waals surface area contributed by atoms with Crippen molar-refractivity contribution in [3.8, 4) is 0 Å². The van der Waals surface area contributed by atoms with Crippen molar-refractivity contribution in [3.63, 3.8) is 0 Å². The minimum Gasteiger partial charge on any atom is -0.462 e. The molecule has 8 heteroatoms. The SMILES string of the molecule is Cc1cccc(C(=O)OCCCn2c(=O)[nH]c3ccccc32)c1NC(=O)c1ccco1. The first-order valence-electron chi connectivity index (χ1n) is 9.84. The summed E-state index contributed by atoms with van der Waals surface area (Å²) in [4.78, 5) is 39.9. The fourth-order valence-corrected chi connectivity index (χ4v) is 3.38. The van der Waals surface area contributed by atoms with E-state index in [0.717, 1.165) is 16.6 Å². The number of carbonyl (C=O) groups excluding carboxylic acids is 2. The molecule has 158 valence electrons. The van der Waals surface area contributed by atoms with Gasteiger partial charge in [-0.05, 0) is 49.2 Å². The molecule has 0 saturated carbocycles. The van der Waals surface area contributed by atoms with E-state index in [0.29, 0.717) is 18.7 Å². The predicted molar refractivity (Wildman–Crippen MR) is 115 cm³/mol. The molecule has 0 spiro atoms. The number of furan rings is 1. The molecule has 2 aromatic carbocycles. The Morgan fingerprint density at radius 2 is 1.94 bits per heavy atom. The molecule has 31 heavy (non-hydrogen) atoms. The number of anilines is 1. The number of aromatic amines is 1. The maximum atomic E-state index is 12.7. The minimum atomic E-state index is -0.551. The maximum absolute atomic E-state index is 12.7. The molecule has 0 aliphatic carbocycles. The van der Waals surface area contributed by atoms with Crippen molar-refractivity contribution >= 4 is 28.6 Å². The predicted octanol–water partition coefficient (Wildman–Crippen LogP) is 3.73. The molecule has 8 nitrogen and oxygen atoms in total. The lowest BCUT2D eigenvalue weighted by atomic mass is 10.1. The first-order chi connectivity index (χ1) is 15.0. The molecule has 0 radical (unpaired) electrons. The van der Waals surface area contributed by atoms with Gasteiger partial charge in [0, 0.05) is 6.54 Å². The van der Waals surface area contributed by atoms with Crippen LogP contribution < -0.4 is 11.0 Å². The number of ether oxygens (including phenoxy) is 1. The number of para-hydroxylation sites is 3. The average molecular weight is 419 g/mol. The number of imidazole rings is 1. The molecular weight excluding hydrogens is 398 g/mol. The Kier molecular flexibility index (Phi) is 5.70. The molecular formula is C23H21N3O5. The summed E-state index contributed by atoms with van der Waals surface area (Å²) in [7, 11) is 0. The topological polar surface area (TPSA) is 106 Å². The first kappa shape index (κ1) is 20.2. The molecule has 0 aliphatic rings. The smallest absolute Gasteiger partial charge is 0.340 e. The fraction of sp³-hybridized carbons (Fsp3) is 0.174. The molecule has 0 unspecified atom stereocenters. The van der Waals surface area contributed by atoms with Gasteiger partial charge >= 0.3 is 11.7 Å². The summed E-state index contributed by atoms with van der Waals surface area (Å²) >= 11 is 0. The van der Waals surface area contributed by atoms with E-state index in [1.807, 2.05) is 24.3 Å². The van der Waals surface area contributed by atoms with E-state index in [1.54, 1.807) is 35.8 Å². The van der Waals surface area contributed by atoms with Crippen LogP contribution in [0.25, 0.3) is 11.0 Å². The number of nitrogens with zero attached hydrogens (tertiary/aromatic N) is 1. The van der Waals surface area contributed by atoms with Gasteiger partial charge in [-0.25, -0.2) is 9.59 Å². The molecule has 4 aromatic rings. The minimum absolute atomic E-state index is 0.129. The first-order valence-corrected chi connectivity index (χ1v) is 9.84. The second-order valence-electron chi connectivity index (χ2n) is 7.02. The van der Waals surface area contributed by atoms with Crippen LogP contribution in [0.4, 0.5) is 5.69 Å². The number of hydrogen-bond acceptors (Lipinski definition) is 5. The standard InChI is InChI=1S/C23H21N3O5/c1-15-7-4-8-16(20(15)25-21(27)19-11-5-13-30-19)22(28)31-14-6-12-26-18-10-3-2-9-17(18)24-23(26)29/h2-5,7-11,13H,6,12,14H2,1H3,(H,24,29)(H,25,27). The maximum Gasteiger partial charge on any atom is 0.340 e. The summed E-state index contributed by atoms with van der Waals surface area (Å²) in [5, 5.41) is 2.72. The number of carbonyl (C=O) groups is 2. The molecule has 0 fully saturated rings. The van der Waals surface area contributed by atoms with Crippen LogP contribution in [0.3, 0.4) is 0 Å². The van der Waals surface area contributed by atoms with Crippen molar-refractivity contribution in [2.24, 2.45) is 0 Å². The van der Waals surface area contributed by atoms with Gasteiger partial charge in [-0.15, -0.1) is 0 Å². The number of fused-ring (bicyclic) bond motifs is 1. The number of aromatic nitrogens is 2. The Morgan fingerprint density at radius 1 is 1.10 bits per heavy atom. The molecule has 0 bridgehead atoms. The number of esters is 1. The van der Waals surface area contributed by atoms with Crippen molar-refractivity contribution in [3.05, 3.63) is 88.2 Å². The van der Waals surface area contributed by atoms with Crippen LogP contribution in [0.5, 0.6) is 0 Å². The third-order valence-electron chi connectivity index (χ3n) is 4.92. The molecule has 2 heterocycles. The lowest BCUT2D eigenvalue weighted by molar-refractivity contribution is 0.0497. The molecule has 2 aromatic heterocycles. The highest BCUT2D eigenvalue weighted by Gasteiger charge is 2.18. The Morgan fingerprint density at radius 3 is 2.74 bits per heavy atom. The highest BCUT2D eigenvalue weighted by atomic mass is 16.5. The fourth-order valence-electron chi connectivity index (χ4n) is 3.38. The van der Waals surface area contributed by atoms with E-state index in [2.05, 4.69) is 10.3 Å². The van der Waals surface area contributed by atoms with Crippen molar-refractivity contribution in [2.45, 2.75) is 19.9 Å². The van der Waals surface area contributed by atoms with Gasteiger partial charge in [0.05, 0.1) is 35.2 Å². The Labute approximate surface area is 177 Å². The quantitative estimate of drug-likeness (QED) is 0.351. The summed E-state index contributed by atoms with van der Waals surface area (Å²) in [5.74, 6) is -0.858.